The van der Waals surface area contributed by atoms with Crippen molar-refractivity contribution in [2.24, 2.45) is 0 Å². The Morgan fingerprint density at radius 2 is 2.03 bits per heavy atom. The first-order valence-electron chi connectivity index (χ1n) is 10.2. The van der Waals surface area contributed by atoms with Gasteiger partial charge in [0.1, 0.15) is 11.5 Å². The van der Waals surface area contributed by atoms with E-state index in [2.05, 4.69) is 39.5 Å². The Bertz CT molecular complexity index is 1040. The van der Waals surface area contributed by atoms with Crippen molar-refractivity contribution in [2.75, 3.05) is 17.3 Å². The van der Waals surface area contributed by atoms with Gasteiger partial charge in [-0.05, 0) is 54.7 Å². The molecule has 7 heteroatoms. The fourth-order valence-electron chi connectivity index (χ4n) is 3.96. The number of benzene rings is 2. The highest BCUT2D eigenvalue weighted by Crippen LogP contribution is 2.38. The number of aromatic nitrogens is 3. The lowest BCUT2D eigenvalue weighted by molar-refractivity contribution is 0.184. The highest BCUT2D eigenvalue weighted by atomic mass is 19.1. The first-order chi connectivity index (χ1) is 14.6. The van der Waals surface area contributed by atoms with Gasteiger partial charge < -0.3 is 15.0 Å². The van der Waals surface area contributed by atoms with E-state index in [1.54, 1.807) is 13.2 Å². The third-order valence-corrected chi connectivity index (χ3v) is 5.39. The van der Waals surface area contributed by atoms with Crippen LogP contribution in [0.3, 0.4) is 0 Å². The molecule has 1 unspecified atom stereocenters. The lowest BCUT2D eigenvalue weighted by atomic mass is 10.0. The van der Waals surface area contributed by atoms with Crippen molar-refractivity contribution in [3.63, 3.8) is 0 Å². The Hall–Kier alpha value is -3.06. The maximum absolute atomic E-state index is 13.5. The van der Waals surface area contributed by atoms with E-state index >= 15 is 0 Å². The topological polar surface area (TPSA) is 63.2 Å². The highest BCUT2D eigenvalue weighted by molar-refractivity contribution is 5.69. The molecule has 0 spiro atoms. The van der Waals surface area contributed by atoms with Crippen LogP contribution in [0.15, 0.2) is 42.5 Å². The average molecular weight is 407 g/mol. The summed E-state index contributed by atoms with van der Waals surface area (Å²) in [6, 6.07) is 13.0. The maximum Gasteiger partial charge on any atom is 0.252 e. The number of halogens is 1. The minimum absolute atomic E-state index is 0.211. The summed E-state index contributed by atoms with van der Waals surface area (Å²) >= 11 is 0. The Morgan fingerprint density at radius 3 is 2.80 bits per heavy atom. The van der Waals surface area contributed by atoms with E-state index in [1.165, 1.54) is 23.3 Å². The van der Waals surface area contributed by atoms with Crippen molar-refractivity contribution >= 4 is 17.5 Å². The molecule has 0 fully saturated rings. The zero-order valence-electron chi connectivity index (χ0n) is 17.5. The summed E-state index contributed by atoms with van der Waals surface area (Å²) in [5, 5.41) is 12.2. The van der Waals surface area contributed by atoms with Gasteiger partial charge in [-0.1, -0.05) is 31.2 Å². The molecule has 2 aromatic carbocycles. The molecule has 1 aromatic heterocycles. The zero-order valence-corrected chi connectivity index (χ0v) is 17.5. The fraction of sp³-hybridized carbons (Fsp3) is 0.348. The van der Waals surface area contributed by atoms with Crippen LogP contribution in [0.1, 0.15) is 36.2 Å². The molecule has 4 rings (SSSR count). The second-order valence-electron chi connectivity index (χ2n) is 7.52. The smallest absolute Gasteiger partial charge is 0.252 e. The number of anilines is 3. The largest absolute Gasteiger partial charge is 0.380 e. The predicted molar refractivity (Wildman–Crippen MR) is 115 cm³/mol. The number of ether oxygens (including phenoxy) is 1. The van der Waals surface area contributed by atoms with Crippen LogP contribution in [-0.2, 0) is 30.7 Å². The molecule has 6 nitrogen and oxygen atoms in total. The monoisotopic (exact) mass is 407 g/mol. The first-order valence-corrected chi connectivity index (χ1v) is 10.2. The lowest BCUT2D eigenvalue weighted by Crippen LogP contribution is -2.27. The Kier molecular flexibility index (Phi) is 5.90. The Morgan fingerprint density at radius 1 is 1.20 bits per heavy atom. The molecule has 1 atom stereocenters. The van der Waals surface area contributed by atoms with Crippen LogP contribution >= 0.6 is 0 Å². The lowest BCUT2D eigenvalue weighted by Gasteiger charge is -2.23. The SMILES string of the molecule is CCc1nnc(N2c3cccc(COC)c3CC2C)nc1NCc1cccc(F)c1. The van der Waals surface area contributed by atoms with Gasteiger partial charge in [-0.15, -0.1) is 10.2 Å². The summed E-state index contributed by atoms with van der Waals surface area (Å²) in [6.45, 7) is 5.22. The Labute approximate surface area is 176 Å². The fourth-order valence-corrected chi connectivity index (χ4v) is 3.96. The summed E-state index contributed by atoms with van der Waals surface area (Å²) in [5.41, 5.74) is 5.19. The summed E-state index contributed by atoms with van der Waals surface area (Å²) < 4.78 is 18.9. The Balaban J connectivity index is 1.64. The van der Waals surface area contributed by atoms with E-state index < -0.39 is 0 Å². The number of hydrogen-bond acceptors (Lipinski definition) is 6. The molecule has 30 heavy (non-hydrogen) atoms. The van der Waals surface area contributed by atoms with Crippen LogP contribution in [0.2, 0.25) is 0 Å². The van der Waals surface area contributed by atoms with Crippen LogP contribution in [0.5, 0.6) is 0 Å². The van der Waals surface area contributed by atoms with Gasteiger partial charge in [-0.2, -0.15) is 4.98 Å². The minimum Gasteiger partial charge on any atom is -0.380 e. The predicted octanol–water partition coefficient (Wildman–Crippen LogP) is 4.41. The van der Waals surface area contributed by atoms with Crippen molar-refractivity contribution < 1.29 is 9.13 Å². The van der Waals surface area contributed by atoms with E-state index in [0.717, 1.165) is 23.4 Å². The molecule has 1 aliphatic rings. The summed E-state index contributed by atoms with van der Waals surface area (Å²) in [7, 11) is 1.71. The van der Waals surface area contributed by atoms with Gasteiger partial charge in [0.2, 0.25) is 0 Å². The number of nitrogens with one attached hydrogen (secondary N) is 1. The third-order valence-electron chi connectivity index (χ3n) is 5.39. The highest BCUT2D eigenvalue weighted by Gasteiger charge is 2.31. The molecule has 0 saturated heterocycles. The van der Waals surface area contributed by atoms with E-state index in [1.807, 2.05) is 19.1 Å². The molecule has 0 bridgehead atoms. The summed E-state index contributed by atoms with van der Waals surface area (Å²) in [5.74, 6) is 0.996. The molecule has 0 saturated carbocycles. The van der Waals surface area contributed by atoms with Gasteiger partial charge in [-0.3, -0.25) is 0 Å². The number of rotatable bonds is 7. The van der Waals surface area contributed by atoms with Crippen LogP contribution in [0.4, 0.5) is 21.8 Å². The zero-order chi connectivity index (χ0) is 21.1. The average Bonchev–Trinajstić information content (AvgIpc) is 3.09. The molecular formula is C23H26FN5O. The van der Waals surface area contributed by atoms with E-state index in [4.69, 9.17) is 9.72 Å². The minimum atomic E-state index is -0.249. The van der Waals surface area contributed by atoms with Gasteiger partial charge >= 0.3 is 0 Å². The van der Waals surface area contributed by atoms with Crippen LogP contribution < -0.4 is 10.2 Å². The third kappa shape index (κ3) is 3.98. The second kappa shape index (κ2) is 8.75. The van der Waals surface area contributed by atoms with Crippen molar-refractivity contribution in [1.29, 1.82) is 0 Å². The molecule has 156 valence electrons. The molecular weight excluding hydrogens is 381 g/mol. The number of methoxy groups -OCH3 is 1. The normalized spacial score (nSPS) is 15.3. The first kappa shape index (κ1) is 20.2. The molecule has 0 radical (unpaired) electrons. The number of hydrogen-bond donors (Lipinski definition) is 1. The van der Waals surface area contributed by atoms with Crippen molar-refractivity contribution in [3.05, 3.63) is 70.7 Å². The molecule has 3 aromatic rings. The molecule has 2 heterocycles. The standard InChI is InChI=1S/C23H26FN5O/c1-4-20-22(25-13-16-7-5-9-18(24)12-16)26-23(28-27-20)29-15(2)11-19-17(14-30-3)8-6-10-21(19)29/h5-10,12,15H,4,11,13-14H2,1-3H3,(H,25,26,28). The van der Waals surface area contributed by atoms with Gasteiger partial charge in [0.25, 0.3) is 5.95 Å². The second-order valence-corrected chi connectivity index (χ2v) is 7.52. The van der Waals surface area contributed by atoms with Gasteiger partial charge in [0.05, 0.1) is 6.61 Å². The molecule has 1 aliphatic heterocycles. The molecule has 0 aliphatic carbocycles. The van der Waals surface area contributed by atoms with Crippen molar-refractivity contribution in [2.45, 2.75) is 45.9 Å². The summed E-state index contributed by atoms with van der Waals surface area (Å²) in [6.07, 6.45) is 1.61. The number of nitrogens with zero attached hydrogens (tertiary/aromatic N) is 4. The van der Waals surface area contributed by atoms with E-state index in [0.29, 0.717) is 31.3 Å². The van der Waals surface area contributed by atoms with Gasteiger partial charge in [0, 0.05) is 25.4 Å². The van der Waals surface area contributed by atoms with Crippen LogP contribution in [-0.4, -0.2) is 28.3 Å². The quantitative estimate of drug-likeness (QED) is 0.626. The van der Waals surface area contributed by atoms with Crippen molar-refractivity contribution in [1.82, 2.24) is 15.2 Å². The van der Waals surface area contributed by atoms with E-state index in [-0.39, 0.29) is 11.9 Å². The van der Waals surface area contributed by atoms with Crippen molar-refractivity contribution in [3.8, 4) is 0 Å². The molecule has 1 N–H and O–H groups in total. The number of aryl methyl sites for hydroxylation is 1. The number of fused-ring (bicyclic) bond motifs is 1. The van der Waals surface area contributed by atoms with Gasteiger partial charge in [0.15, 0.2) is 5.82 Å². The summed E-state index contributed by atoms with van der Waals surface area (Å²) in [4.78, 5) is 6.94. The maximum atomic E-state index is 13.5. The molecule has 0 amide bonds. The van der Waals surface area contributed by atoms with Gasteiger partial charge in [-0.25, -0.2) is 4.39 Å². The van der Waals surface area contributed by atoms with Crippen LogP contribution in [0, 0.1) is 5.82 Å². The van der Waals surface area contributed by atoms with Crippen LogP contribution in [0.25, 0.3) is 0 Å². The van der Waals surface area contributed by atoms with E-state index in [9.17, 15) is 4.39 Å².